The third-order valence-electron chi connectivity index (χ3n) is 6.00. The SMILES string of the molecule is CC(=O)N[C@@H](CC(=O)O)C(=O)N[C@@H](CCC(=O)O)C1=NOC(C)(C(=O)N[C@@H](CC(=O)O)C(=O)COc2ccccc2)C1. The van der Waals surface area contributed by atoms with E-state index in [2.05, 4.69) is 21.1 Å². The number of benzene rings is 1. The van der Waals surface area contributed by atoms with E-state index < -0.39 is 91.0 Å². The van der Waals surface area contributed by atoms with E-state index in [0.717, 1.165) is 6.92 Å². The Balaban J connectivity index is 2.14. The van der Waals surface area contributed by atoms with Crippen LogP contribution < -0.4 is 20.7 Å². The lowest BCUT2D eigenvalue weighted by molar-refractivity contribution is -0.146. The molecule has 1 unspecified atom stereocenters. The van der Waals surface area contributed by atoms with Gasteiger partial charge in [0.15, 0.2) is 5.78 Å². The van der Waals surface area contributed by atoms with Crippen LogP contribution in [-0.2, 0) is 38.4 Å². The van der Waals surface area contributed by atoms with E-state index in [1.54, 1.807) is 30.3 Å². The highest BCUT2D eigenvalue weighted by molar-refractivity contribution is 6.02. The largest absolute Gasteiger partial charge is 0.486 e. The molecular weight excluding hydrogens is 560 g/mol. The minimum Gasteiger partial charge on any atom is -0.486 e. The van der Waals surface area contributed by atoms with Crippen LogP contribution in [0.3, 0.4) is 0 Å². The van der Waals surface area contributed by atoms with E-state index in [1.807, 2.05) is 0 Å². The molecule has 4 atom stereocenters. The highest BCUT2D eigenvalue weighted by atomic mass is 16.7. The van der Waals surface area contributed by atoms with Crippen molar-refractivity contribution in [2.75, 3.05) is 6.61 Å². The van der Waals surface area contributed by atoms with Gasteiger partial charge in [-0.1, -0.05) is 23.4 Å². The number of carboxylic acid groups (broad SMARTS) is 3. The second-order valence-electron chi connectivity index (χ2n) is 9.62. The van der Waals surface area contributed by atoms with Crippen LogP contribution in [0, 0.1) is 0 Å². The van der Waals surface area contributed by atoms with Gasteiger partial charge >= 0.3 is 17.9 Å². The molecule has 0 saturated heterocycles. The average Bonchev–Trinajstić information content (AvgIpc) is 3.31. The first kappa shape index (κ1) is 33.2. The number of ketones is 1. The Morgan fingerprint density at radius 2 is 1.55 bits per heavy atom. The van der Waals surface area contributed by atoms with Crippen LogP contribution in [0.25, 0.3) is 0 Å². The Morgan fingerprint density at radius 3 is 2.12 bits per heavy atom. The fourth-order valence-corrected chi connectivity index (χ4v) is 3.87. The van der Waals surface area contributed by atoms with Crippen LogP contribution in [0.4, 0.5) is 0 Å². The Hall–Kier alpha value is -5.02. The maximum Gasteiger partial charge on any atom is 0.305 e. The van der Waals surface area contributed by atoms with Crippen LogP contribution in [0.5, 0.6) is 5.75 Å². The smallest absolute Gasteiger partial charge is 0.305 e. The molecule has 1 aromatic carbocycles. The molecule has 0 fully saturated rings. The van der Waals surface area contributed by atoms with Crippen LogP contribution in [0.1, 0.15) is 46.0 Å². The molecule has 16 nitrogen and oxygen atoms in total. The average molecular weight is 593 g/mol. The molecule has 1 aromatic rings. The van der Waals surface area contributed by atoms with Crippen molar-refractivity contribution < 1.29 is 58.5 Å². The fraction of sp³-hybridized carbons (Fsp3) is 0.462. The van der Waals surface area contributed by atoms with Gasteiger partial charge in [0.25, 0.3) is 5.91 Å². The molecule has 0 radical (unpaired) electrons. The third kappa shape index (κ3) is 10.5. The van der Waals surface area contributed by atoms with Gasteiger partial charge in [-0.05, 0) is 25.5 Å². The number of ether oxygens (including phenoxy) is 1. The van der Waals surface area contributed by atoms with E-state index in [1.165, 1.54) is 6.92 Å². The lowest BCUT2D eigenvalue weighted by Crippen LogP contribution is -2.54. The van der Waals surface area contributed by atoms with E-state index in [0.29, 0.717) is 5.75 Å². The van der Waals surface area contributed by atoms with E-state index in [4.69, 9.17) is 19.8 Å². The van der Waals surface area contributed by atoms with Gasteiger partial charge in [0.05, 0.1) is 24.6 Å². The zero-order chi connectivity index (χ0) is 31.4. The Kier molecular flexibility index (Phi) is 11.9. The van der Waals surface area contributed by atoms with Gasteiger partial charge in [0.1, 0.15) is 24.4 Å². The van der Waals surface area contributed by atoms with Gasteiger partial charge in [0, 0.05) is 19.8 Å². The summed E-state index contributed by atoms with van der Waals surface area (Å²) in [6, 6.07) is 4.15. The number of carbonyl (C=O) groups is 7. The molecule has 0 spiro atoms. The molecular formula is C26H32N4O12. The summed E-state index contributed by atoms with van der Waals surface area (Å²) in [5.41, 5.74) is -1.76. The molecule has 228 valence electrons. The maximum absolute atomic E-state index is 13.2. The number of nitrogens with zero attached hydrogens (tertiary/aromatic N) is 1. The van der Waals surface area contributed by atoms with Gasteiger partial charge in [-0.2, -0.15) is 0 Å². The monoisotopic (exact) mass is 592 g/mol. The number of amides is 3. The molecule has 1 aliphatic heterocycles. The first-order chi connectivity index (χ1) is 19.7. The zero-order valence-corrected chi connectivity index (χ0v) is 22.8. The fourth-order valence-electron chi connectivity index (χ4n) is 3.87. The summed E-state index contributed by atoms with van der Waals surface area (Å²) >= 11 is 0. The first-order valence-corrected chi connectivity index (χ1v) is 12.7. The van der Waals surface area contributed by atoms with Crippen LogP contribution in [0.2, 0.25) is 0 Å². The van der Waals surface area contributed by atoms with E-state index >= 15 is 0 Å². The second kappa shape index (κ2) is 15.1. The molecule has 0 saturated carbocycles. The van der Waals surface area contributed by atoms with Crippen LogP contribution >= 0.6 is 0 Å². The number of rotatable bonds is 17. The third-order valence-corrected chi connectivity index (χ3v) is 6.00. The number of Topliss-reactive ketones (excluding diaryl/α,β-unsaturated/α-hetero) is 1. The number of carboxylic acids is 3. The predicted molar refractivity (Wildman–Crippen MR) is 141 cm³/mol. The van der Waals surface area contributed by atoms with Gasteiger partial charge in [-0.25, -0.2) is 0 Å². The van der Waals surface area contributed by atoms with Gasteiger partial charge < -0.3 is 40.8 Å². The molecule has 3 amide bonds. The molecule has 2 rings (SSSR count). The van der Waals surface area contributed by atoms with Crippen LogP contribution in [-0.4, -0.2) is 92.8 Å². The van der Waals surface area contributed by atoms with Gasteiger partial charge in [-0.3, -0.25) is 33.6 Å². The Bertz CT molecular complexity index is 1220. The first-order valence-electron chi connectivity index (χ1n) is 12.7. The number of para-hydroxylation sites is 1. The molecule has 6 N–H and O–H groups in total. The van der Waals surface area contributed by atoms with Gasteiger partial charge in [0.2, 0.25) is 17.4 Å². The molecule has 1 heterocycles. The van der Waals surface area contributed by atoms with Crippen molar-refractivity contribution in [1.82, 2.24) is 16.0 Å². The quantitative estimate of drug-likeness (QED) is 0.133. The Labute approximate surface area is 239 Å². The van der Waals surface area contributed by atoms with E-state index in [9.17, 15) is 38.7 Å². The molecule has 0 bridgehead atoms. The van der Waals surface area contributed by atoms with Gasteiger partial charge in [-0.15, -0.1) is 0 Å². The highest BCUT2D eigenvalue weighted by Crippen LogP contribution is 2.27. The number of carbonyl (C=O) groups excluding carboxylic acids is 4. The summed E-state index contributed by atoms with van der Waals surface area (Å²) in [5, 5.41) is 38.3. The number of hydrogen-bond acceptors (Lipinski definition) is 10. The summed E-state index contributed by atoms with van der Waals surface area (Å²) in [4.78, 5) is 89.2. The van der Waals surface area contributed by atoms with Crippen molar-refractivity contribution in [2.24, 2.45) is 5.16 Å². The van der Waals surface area contributed by atoms with Crippen molar-refractivity contribution in [3.8, 4) is 5.75 Å². The summed E-state index contributed by atoms with van der Waals surface area (Å²) in [6.07, 6.45) is -2.49. The topological polar surface area (TPSA) is 247 Å². The summed E-state index contributed by atoms with van der Waals surface area (Å²) < 4.78 is 5.36. The Morgan fingerprint density at radius 1 is 0.929 bits per heavy atom. The van der Waals surface area contributed by atoms with E-state index in [-0.39, 0.29) is 18.6 Å². The summed E-state index contributed by atoms with van der Waals surface area (Å²) in [5.74, 6) is -6.86. The zero-order valence-electron chi connectivity index (χ0n) is 22.8. The molecule has 1 aliphatic rings. The second-order valence-corrected chi connectivity index (χ2v) is 9.62. The number of hydrogen-bond donors (Lipinski definition) is 6. The molecule has 0 aromatic heterocycles. The van der Waals surface area contributed by atoms with Crippen LogP contribution in [0.15, 0.2) is 35.5 Å². The van der Waals surface area contributed by atoms with Crippen molar-refractivity contribution in [1.29, 1.82) is 0 Å². The van der Waals surface area contributed by atoms with Crippen molar-refractivity contribution in [3.05, 3.63) is 30.3 Å². The highest BCUT2D eigenvalue weighted by Gasteiger charge is 2.45. The molecule has 16 heteroatoms. The standard InChI is InChI=1S/C26H32N4O12/c1-14(31)27-18(11-23(37)38)24(39)28-16(8-9-21(33)34)19-12-26(2,42-30-19)25(40)29-17(10-22(35)36)20(32)13-41-15-6-4-3-5-7-15/h3-7,16-18H,8-13H2,1-2H3,(H,27,31)(H,28,39)(H,29,40)(H,33,34)(H,35,36)(H,37,38)/t16-,17-,18-,26?/m0/s1. The van der Waals surface area contributed by atoms with Crippen molar-refractivity contribution in [2.45, 2.75) is 69.7 Å². The minimum absolute atomic E-state index is 0.0210. The molecule has 0 aliphatic carbocycles. The predicted octanol–water partition coefficient (Wildman–Crippen LogP) is -0.542. The summed E-state index contributed by atoms with van der Waals surface area (Å²) in [6.45, 7) is 1.85. The maximum atomic E-state index is 13.2. The molecule has 42 heavy (non-hydrogen) atoms. The number of nitrogens with one attached hydrogen (secondary N) is 3. The lowest BCUT2D eigenvalue weighted by atomic mass is 9.92. The van der Waals surface area contributed by atoms with Crippen molar-refractivity contribution in [3.63, 3.8) is 0 Å². The minimum atomic E-state index is -1.78. The normalized spacial score (nSPS) is 17.8. The summed E-state index contributed by atoms with van der Waals surface area (Å²) in [7, 11) is 0. The number of oxime groups is 1. The number of aliphatic carboxylic acids is 3. The lowest BCUT2D eigenvalue weighted by Gasteiger charge is -2.25. The van der Waals surface area contributed by atoms with Crippen molar-refractivity contribution >= 4 is 47.1 Å².